The Morgan fingerprint density at radius 1 is 1.05 bits per heavy atom. The molecular weight excluding hydrogens is 244 g/mol. The summed E-state index contributed by atoms with van der Waals surface area (Å²) in [7, 11) is 0. The maximum atomic E-state index is 12.9. The summed E-state index contributed by atoms with van der Waals surface area (Å²) in [5.41, 5.74) is 2.79. The molecule has 1 aromatic carbocycles. The normalized spacial score (nSPS) is 23.3. The predicted molar refractivity (Wildman–Crippen MR) is 83.1 cm³/mol. The van der Waals surface area contributed by atoms with Gasteiger partial charge in [0.15, 0.2) is 5.78 Å². The first-order chi connectivity index (χ1) is 9.57. The summed E-state index contributed by atoms with van der Waals surface area (Å²) in [6.45, 7) is 4.66. The van der Waals surface area contributed by atoms with Gasteiger partial charge in [-0.1, -0.05) is 44.5 Å². The third-order valence-corrected chi connectivity index (χ3v) is 5.48. The van der Waals surface area contributed by atoms with Crippen molar-refractivity contribution in [2.75, 3.05) is 0 Å². The summed E-state index contributed by atoms with van der Waals surface area (Å²) < 4.78 is 0. The highest BCUT2D eigenvalue weighted by atomic mass is 16.1. The van der Waals surface area contributed by atoms with Crippen LogP contribution in [0.2, 0.25) is 0 Å². The number of hydrogen-bond donors (Lipinski definition) is 0. The van der Waals surface area contributed by atoms with Gasteiger partial charge in [0.25, 0.3) is 0 Å². The van der Waals surface area contributed by atoms with Crippen molar-refractivity contribution >= 4 is 5.78 Å². The van der Waals surface area contributed by atoms with Gasteiger partial charge in [-0.3, -0.25) is 4.79 Å². The van der Waals surface area contributed by atoms with Crippen LogP contribution >= 0.6 is 0 Å². The molecule has 20 heavy (non-hydrogen) atoms. The second-order valence-electron chi connectivity index (χ2n) is 7.52. The van der Waals surface area contributed by atoms with Gasteiger partial charge in [-0.15, -0.1) is 0 Å². The molecule has 0 aliphatic heterocycles. The molecule has 0 unspecified atom stereocenters. The maximum absolute atomic E-state index is 12.9. The van der Waals surface area contributed by atoms with E-state index in [0.29, 0.717) is 17.1 Å². The van der Waals surface area contributed by atoms with E-state index >= 15 is 0 Å². The average molecular weight is 270 g/mol. The molecule has 2 saturated carbocycles. The quantitative estimate of drug-likeness (QED) is 0.676. The van der Waals surface area contributed by atoms with E-state index in [2.05, 4.69) is 32.0 Å². The minimum Gasteiger partial charge on any atom is -0.294 e. The van der Waals surface area contributed by atoms with Gasteiger partial charge >= 0.3 is 0 Å². The molecule has 0 heterocycles. The molecular formula is C19H26O. The zero-order valence-corrected chi connectivity index (χ0v) is 12.8. The van der Waals surface area contributed by atoms with Crippen LogP contribution in [0.25, 0.3) is 0 Å². The fourth-order valence-electron chi connectivity index (χ4n) is 3.68. The molecule has 0 bridgehead atoms. The maximum Gasteiger partial charge on any atom is 0.166 e. The van der Waals surface area contributed by atoms with Crippen LogP contribution in [-0.2, 0) is 0 Å². The first kappa shape index (κ1) is 13.9. The highest BCUT2D eigenvalue weighted by Gasteiger charge is 2.33. The summed E-state index contributed by atoms with van der Waals surface area (Å²) in [4.78, 5) is 12.9. The van der Waals surface area contributed by atoms with E-state index in [1.165, 1.54) is 37.7 Å². The lowest BCUT2D eigenvalue weighted by Crippen LogP contribution is -2.27. The Bertz CT molecular complexity index is 486. The number of rotatable bonds is 3. The van der Waals surface area contributed by atoms with Crippen molar-refractivity contribution in [2.45, 2.75) is 64.7 Å². The Hall–Kier alpha value is -1.11. The van der Waals surface area contributed by atoms with Crippen molar-refractivity contribution in [2.24, 2.45) is 11.3 Å². The van der Waals surface area contributed by atoms with Gasteiger partial charge < -0.3 is 0 Å². The number of ketones is 1. The molecule has 2 aliphatic carbocycles. The van der Waals surface area contributed by atoms with E-state index in [0.717, 1.165) is 18.4 Å². The lowest BCUT2D eigenvalue weighted by Gasteiger charge is -2.34. The Kier molecular flexibility index (Phi) is 3.70. The van der Waals surface area contributed by atoms with Crippen molar-refractivity contribution in [3.05, 3.63) is 35.4 Å². The molecule has 0 atom stereocenters. The smallest absolute Gasteiger partial charge is 0.166 e. The molecule has 1 aromatic rings. The molecule has 0 radical (unpaired) electrons. The standard InChI is InChI=1S/C19H26O/c1-19(2)12-10-15(11-13-19)18(20)17-9-4-3-8-16(17)14-6-5-7-14/h3-4,8-9,14-15H,5-7,10-13H2,1-2H3. The molecule has 108 valence electrons. The zero-order chi connectivity index (χ0) is 14.2. The first-order valence-corrected chi connectivity index (χ1v) is 8.20. The highest BCUT2D eigenvalue weighted by Crippen LogP contribution is 2.42. The molecule has 1 heteroatoms. The minimum absolute atomic E-state index is 0.268. The number of carbonyl (C=O) groups is 1. The van der Waals surface area contributed by atoms with Crippen molar-refractivity contribution in [3.8, 4) is 0 Å². The summed E-state index contributed by atoms with van der Waals surface area (Å²) in [6.07, 6.45) is 8.38. The van der Waals surface area contributed by atoms with Gasteiger partial charge in [-0.2, -0.15) is 0 Å². The fourth-order valence-corrected chi connectivity index (χ4v) is 3.68. The van der Waals surface area contributed by atoms with Crippen LogP contribution in [-0.4, -0.2) is 5.78 Å². The van der Waals surface area contributed by atoms with Gasteiger partial charge in [0.05, 0.1) is 0 Å². The van der Waals surface area contributed by atoms with Crippen molar-refractivity contribution in [1.29, 1.82) is 0 Å². The third-order valence-electron chi connectivity index (χ3n) is 5.48. The fraction of sp³-hybridized carbons (Fsp3) is 0.632. The van der Waals surface area contributed by atoms with Crippen molar-refractivity contribution in [3.63, 3.8) is 0 Å². The van der Waals surface area contributed by atoms with Crippen LogP contribution in [0.4, 0.5) is 0 Å². The first-order valence-electron chi connectivity index (χ1n) is 8.20. The molecule has 0 spiro atoms. The molecule has 1 nitrogen and oxygen atoms in total. The van der Waals surface area contributed by atoms with Gasteiger partial charge in [0.1, 0.15) is 0 Å². The highest BCUT2D eigenvalue weighted by molar-refractivity contribution is 5.99. The van der Waals surface area contributed by atoms with Crippen LogP contribution in [0.5, 0.6) is 0 Å². The molecule has 0 aromatic heterocycles. The molecule has 2 aliphatic rings. The molecule has 0 N–H and O–H groups in total. The Morgan fingerprint density at radius 2 is 1.70 bits per heavy atom. The second kappa shape index (κ2) is 5.35. The lowest BCUT2D eigenvalue weighted by atomic mass is 9.70. The van der Waals surface area contributed by atoms with E-state index in [-0.39, 0.29) is 5.92 Å². The Morgan fingerprint density at radius 3 is 2.30 bits per heavy atom. The van der Waals surface area contributed by atoms with E-state index < -0.39 is 0 Å². The van der Waals surface area contributed by atoms with E-state index in [9.17, 15) is 4.79 Å². The number of carbonyl (C=O) groups excluding carboxylic acids is 1. The molecule has 3 rings (SSSR count). The van der Waals surface area contributed by atoms with Gasteiger partial charge in [0, 0.05) is 11.5 Å². The average Bonchev–Trinajstić information content (AvgIpc) is 2.37. The van der Waals surface area contributed by atoms with Gasteiger partial charge in [-0.25, -0.2) is 0 Å². The van der Waals surface area contributed by atoms with Gasteiger partial charge in [0.2, 0.25) is 0 Å². The monoisotopic (exact) mass is 270 g/mol. The summed E-state index contributed by atoms with van der Waals surface area (Å²) >= 11 is 0. The second-order valence-corrected chi connectivity index (χ2v) is 7.52. The van der Waals surface area contributed by atoms with Crippen molar-refractivity contribution in [1.82, 2.24) is 0 Å². The van der Waals surface area contributed by atoms with E-state index in [4.69, 9.17) is 0 Å². The number of Topliss-reactive ketones (excluding diaryl/α,β-unsaturated/α-hetero) is 1. The van der Waals surface area contributed by atoms with Crippen LogP contribution in [0, 0.1) is 11.3 Å². The Balaban J connectivity index is 1.77. The van der Waals surface area contributed by atoms with Crippen LogP contribution in [0.15, 0.2) is 24.3 Å². The zero-order valence-electron chi connectivity index (χ0n) is 12.8. The van der Waals surface area contributed by atoms with E-state index in [1.54, 1.807) is 0 Å². The molecule has 0 amide bonds. The molecule has 2 fully saturated rings. The number of benzene rings is 1. The third kappa shape index (κ3) is 2.68. The summed E-state index contributed by atoms with van der Waals surface area (Å²) in [5.74, 6) is 1.34. The Labute approximate surface area is 122 Å². The van der Waals surface area contributed by atoms with Crippen LogP contribution in [0.3, 0.4) is 0 Å². The summed E-state index contributed by atoms with van der Waals surface area (Å²) in [5, 5.41) is 0. The predicted octanol–water partition coefficient (Wildman–Crippen LogP) is 5.35. The van der Waals surface area contributed by atoms with Crippen LogP contribution in [0.1, 0.15) is 80.6 Å². The topological polar surface area (TPSA) is 17.1 Å². The van der Waals surface area contributed by atoms with Gasteiger partial charge in [-0.05, 0) is 55.4 Å². The minimum atomic E-state index is 0.268. The largest absolute Gasteiger partial charge is 0.294 e. The number of hydrogen-bond acceptors (Lipinski definition) is 1. The summed E-state index contributed by atoms with van der Waals surface area (Å²) in [6, 6.07) is 8.37. The lowest BCUT2D eigenvalue weighted by molar-refractivity contribution is 0.0836. The SMILES string of the molecule is CC1(C)CCC(C(=O)c2ccccc2C2CCC2)CC1. The van der Waals surface area contributed by atoms with E-state index in [1.807, 2.05) is 6.07 Å². The molecule has 0 saturated heterocycles. The van der Waals surface area contributed by atoms with Crippen molar-refractivity contribution < 1.29 is 4.79 Å². The van der Waals surface area contributed by atoms with Crippen LogP contribution < -0.4 is 0 Å².